The Balaban J connectivity index is 1.81. The van der Waals surface area contributed by atoms with Crippen molar-refractivity contribution in [1.82, 2.24) is 5.32 Å². The first-order valence-electron chi connectivity index (χ1n) is 6.91. The standard InChI is InChI=1S/C15H21BrN2/c1-10-3-6-13(7-14(10)16)18-9-15(12-4-5-12)17-8-11(18)2/h3,6-7,11-12,15,17H,4-5,8-9H2,1-2H3. The average Bonchev–Trinajstić information content (AvgIpc) is 3.18. The Bertz CT molecular complexity index is 442. The minimum atomic E-state index is 0.578. The normalized spacial score (nSPS) is 28.5. The fourth-order valence-corrected chi connectivity index (χ4v) is 3.19. The Morgan fingerprint density at radius 1 is 1.33 bits per heavy atom. The number of nitrogens with zero attached hydrogens (tertiary/aromatic N) is 1. The number of hydrogen-bond donors (Lipinski definition) is 1. The number of anilines is 1. The number of piperazine rings is 1. The molecule has 1 aromatic rings. The monoisotopic (exact) mass is 308 g/mol. The number of rotatable bonds is 2. The molecule has 2 fully saturated rings. The molecule has 1 heterocycles. The maximum atomic E-state index is 3.70. The van der Waals surface area contributed by atoms with Gasteiger partial charge in [-0.3, -0.25) is 0 Å². The third kappa shape index (κ3) is 2.43. The highest BCUT2D eigenvalue weighted by molar-refractivity contribution is 9.10. The van der Waals surface area contributed by atoms with Crippen LogP contribution < -0.4 is 10.2 Å². The van der Waals surface area contributed by atoms with Gasteiger partial charge in [-0.15, -0.1) is 0 Å². The second-order valence-electron chi connectivity index (χ2n) is 5.79. The number of aryl methyl sites for hydroxylation is 1. The predicted molar refractivity (Wildman–Crippen MR) is 80.2 cm³/mol. The van der Waals surface area contributed by atoms with Crippen LogP contribution in [0.3, 0.4) is 0 Å². The summed E-state index contributed by atoms with van der Waals surface area (Å²) >= 11 is 3.65. The molecule has 1 aliphatic carbocycles. The second kappa shape index (κ2) is 4.86. The molecule has 1 aromatic carbocycles. The first-order chi connectivity index (χ1) is 8.65. The molecule has 1 saturated carbocycles. The van der Waals surface area contributed by atoms with Crippen LogP contribution in [0.25, 0.3) is 0 Å². The van der Waals surface area contributed by atoms with Gasteiger partial charge in [0.15, 0.2) is 0 Å². The molecule has 0 aromatic heterocycles. The Morgan fingerprint density at radius 3 is 2.78 bits per heavy atom. The zero-order valence-electron chi connectivity index (χ0n) is 11.1. The van der Waals surface area contributed by atoms with E-state index in [4.69, 9.17) is 0 Å². The molecule has 2 aliphatic rings. The molecule has 1 aliphatic heterocycles. The largest absolute Gasteiger partial charge is 0.366 e. The lowest BCUT2D eigenvalue weighted by Gasteiger charge is -2.40. The van der Waals surface area contributed by atoms with Crippen LogP contribution in [0, 0.1) is 12.8 Å². The van der Waals surface area contributed by atoms with E-state index < -0.39 is 0 Å². The fraction of sp³-hybridized carbons (Fsp3) is 0.600. The molecular formula is C15H21BrN2. The van der Waals surface area contributed by atoms with Crippen LogP contribution in [0.2, 0.25) is 0 Å². The summed E-state index contributed by atoms with van der Waals surface area (Å²) in [4.78, 5) is 2.56. The van der Waals surface area contributed by atoms with Crippen LogP contribution in [0.5, 0.6) is 0 Å². The Labute approximate surface area is 118 Å². The van der Waals surface area contributed by atoms with E-state index in [0.29, 0.717) is 12.1 Å². The molecule has 98 valence electrons. The molecule has 0 amide bonds. The Morgan fingerprint density at radius 2 is 2.11 bits per heavy atom. The molecule has 3 rings (SSSR count). The van der Waals surface area contributed by atoms with Crippen LogP contribution in [0.4, 0.5) is 5.69 Å². The highest BCUT2D eigenvalue weighted by Crippen LogP contribution is 2.35. The molecule has 2 unspecified atom stereocenters. The number of halogens is 1. The number of nitrogens with one attached hydrogen (secondary N) is 1. The molecule has 1 saturated heterocycles. The van der Waals surface area contributed by atoms with Crippen molar-refractivity contribution in [3.63, 3.8) is 0 Å². The first-order valence-corrected chi connectivity index (χ1v) is 7.70. The highest BCUT2D eigenvalue weighted by atomic mass is 79.9. The topological polar surface area (TPSA) is 15.3 Å². The van der Waals surface area contributed by atoms with E-state index in [1.165, 1.54) is 28.6 Å². The van der Waals surface area contributed by atoms with Crippen LogP contribution in [0.1, 0.15) is 25.3 Å². The fourth-order valence-electron chi connectivity index (χ4n) is 2.82. The van der Waals surface area contributed by atoms with Gasteiger partial charge in [-0.05, 0) is 50.3 Å². The van der Waals surface area contributed by atoms with Gasteiger partial charge in [0.1, 0.15) is 0 Å². The molecule has 1 N–H and O–H groups in total. The van der Waals surface area contributed by atoms with Crippen molar-refractivity contribution >= 4 is 21.6 Å². The third-order valence-electron chi connectivity index (χ3n) is 4.28. The minimum Gasteiger partial charge on any atom is -0.366 e. The summed E-state index contributed by atoms with van der Waals surface area (Å²) in [5.41, 5.74) is 2.66. The van der Waals surface area contributed by atoms with Crippen molar-refractivity contribution in [1.29, 1.82) is 0 Å². The summed E-state index contributed by atoms with van der Waals surface area (Å²) < 4.78 is 1.22. The maximum Gasteiger partial charge on any atom is 0.0387 e. The smallest absolute Gasteiger partial charge is 0.0387 e. The van der Waals surface area contributed by atoms with E-state index in [2.05, 4.69) is 58.2 Å². The van der Waals surface area contributed by atoms with Gasteiger partial charge < -0.3 is 10.2 Å². The van der Waals surface area contributed by atoms with Crippen molar-refractivity contribution in [2.75, 3.05) is 18.0 Å². The van der Waals surface area contributed by atoms with E-state index in [1.807, 2.05) is 0 Å². The summed E-state index contributed by atoms with van der Waals surface area (Å²) in [6.07, 6.45) is 2.83. The van der Waals surface area contributed by atoms with Gasteiger partial charge in [-0.25, -0.2) is 0 Å². The van der Waals surface area contributed by atoms with Crippen LogP contribution in [-0.4, -0.2) is 25.2 Å². The van der Waals surface area contributed by atoms with Gasteiger partial charge in [0.25, 0.3) is 0 Å². The SMILES string of the molecule is Cc1ccc(N2CC(C3CC3)NCC2C)cc1Br. The average molecular weight is 309 g/mol. The molecule has 18 heavy (non-hydrogen) atoms. The lowest BCUT2D eigenvalue weighted by molar-refractivity contribution is 0.376. The van der Waals surface area contributed by atoms with Gasteiger partial charge in [0.05, 0.1) is 0 Å². The molecular weight excluding hydrogens is 288 g/mol. The molecule has 0 radical (unpaired) electrons. The predicted octanol–water partition coefficient (Wildman–Crippen LogP) is 3.33. The van der Waals surface area contributed by atoms with E-state index in [1.54, 1.807) is 0 Å². The summed E-state index contributed by atoms with van der Waals surface area (Å²) in [5.74, 6) is 0.925. The van der Waals surface area contributed by atoms with E-state index >= 15 is 0 Å². The molecule has 0 bridgehead atoms. The lowest BCUT2D eigenvalue weighted by Crippen LogP contribution is -2.56. The van der Waals surface area contributed by atoms with E-state index in [0.717, 1.165) is 19.0 Å². The van der Waals surface area contributed by atoms with Gasteiger partial charge in [-0.2, -0.15) is 0 Å². The number of benzene rings is 1. The maximum absolute atomic E-state index is 3.70. The van der Waals surface area contributed by atoms with Crippen molar-refractivity contribution < 1.29 is 0 Å². The molecule has 0 spiro atoms. The van der Waals surface area contributed by atoms with E-state index in [9.17, 15) is 0 Å². The van der Waals surface area contributed by atoms with E-state index in [-0.39, 0.29) is 0 Å². The second-order valence-corrected chi connectivity index (χ2v) is 6.64. The summed E-state index contributed by atoms with van der Waals surface area (Å²) in [5, 5.41) is 3.70. The first kappa shape index (κ1) is 12.5. The van der Waals surface area contributed by atoms with Crippen LogP contribution in [-0.2, 0) is 0 Å². The van der Waals surface area contributed by atoms with Gasteiger partial charge in [0, 0.05) is 35.3 Å². The van der Waals surface area contributed by atoms with Gasteiger partial charge in [-0.1, -0.05) is 22.0 Å². The van der Waals surface area contributed by atoms with Crippen LogP contribution in [0.15, 0.2) is 22.7 Å². The summed E-state index contributed by atoms with van der Waals surface area (Å²) in [6, 6.07) is 8.00. The summed E-state index contributed by atoms with van der Waals surface area (Å²) in [6.45, 7) is 6.71. The quantitative estimate of drug-likeness (QED) is 0.901. The van der Waals surface area contributed by atoms with Gasteiger partial charge in [0.2, 0.25) is 0 Å². The third-order valence-corrected chi connectivity index (χ3v) is 5.13. The van der Waals surface area contributed by atoms with Crippen molar-refractivity contribution in [3.8, 4) is 0 Å². The lowest BCUT2D eigenvalue weighted by atomic mass is 10.0. The minimum absolute atomic E-state index is 0.578. The molecule has 2 nitrogen and oxygen atoms in total. The van der Waals surface area contributed by atoms with Crippen LogP contribution >= 0.6 is 15.9 Å². The summed E-state index contributed by atoms with van der Waals surface area (Å²) in [7, 11) is 0. The van der Waals surface area contributed by atoms with Crippen molar-refractivity contribution in [3.05, 3.63) is 28.2 Å². The zero-order valence-corrected chi connectivity index (χ0v) is 12.7. The van der Waals surface area contributed by atoms with Crippen molar-refractivity contribution in [2.45, 2.75) is 38.8 Å². The zero-order chi connectivity index (χ0) is 12.7. The number of hydrogen-bond acceptors (Lipinski definition) is 2. The van der Waals surface area contributed by atoms with Gasteiger partial charge >= 0.3 is 0 Å². The highest BCUT2D eigenvalue weighted by Gasteiger charge is 2.36. The molecule has 3 heteroatoms. The Hall–Kier alpha value is -0.540. The van der Waals surface area contributed by atoms with Crippen molar-refractivity contribution in [2.24, 2.45) is 5.92 Å². The Kier molecular flexibility index (Phi) is 3.37. The molecule has 2 atom stereocenters.